The number of hydrogen-bond donors (Lipinski definition) is 0. The number of ketones is 1. The average Bonchev–Trinajstić information content (AvgIpc) is 3.21. The van der Waals surface area contributed by atoms with Gasteiger partial charge in [-0.3, -0.25) is 4.79 Å². The number of fused-ring (bicyclic) bond motifs is 5. The highest BCUT2D eigenvalue weighted by Crippen LogP contribution is 2.67. The number of terminal acetylenes is 1. The number of rotatable bonds is 6. The molecular weight excluding hydrogens is 440 g/mol. The molecule has 5 rings (SSSR count). The number of ether oxygens (including phenoxy) is 3. The van der Waals surface area contributed by atoms with E-state index in [1.165, 1.54) is 5.57 Å². The monoisotopic (exact) mass is 476 g/mol. The fourth-order valence-corrected chi connectivity index (χ4v) is 8.22. The van der Waals surface area contributed by atoms with Crippen LogP contribution >= 0.6 is 0 Å². The molecule has 3 saturated carbocycles. The van der Waals surface area contributed by atoms with Crippen LogP contribution in [0.15, 0.2) is 35.9 Å². The molecule has 5 heteroatoms. The van der Waals surface area contributed by atoms with E-state index in [4.69, 9.17) is 20.6 Å². The second kappa shape index (κ2) is 9.37. The van der Waals surface area contributed by atoms with E-state index in [2.05, 4.69) is 12.8 Å². The van der Waals surface area contributed by atoms with Gasteiger partial charge in [0.25, 0.3) is 0 Å². The number of carbonyl (C=O) groups is 2. The summed E-state index contributed by atoms with van der Waals surface area (Å²) in [6.45, 7) is 2.00. The number of allylic oxidation sites excluding steroid dienone is 1. The number of carbonyl (C=O) groups excluding carboxylic acids is 2. The van der Waals surface area contributed by atoms with Gasteiger partial charge in [-0.05, 0) is 93.2 Å². The summed E-state index contributed by atoms with van der Waals surface area (Å²) in [5, 5.41) is 0. The van der Waals surface area contributed by atoms with E-state index in [1.54, 1.807) is 19.2 Å². The second-order valence-electron chi connectivity index (χ2n) is 10.8. The lowest BCUT2D eigenvalue weighted by Crippen LogP contribution is -2.55. The first kappa shape index (κ1) is 24.0. The molecule has 0 radical (unpaired) electrons. The van der Waals surface area contributed by atoms with Crippen LogP contribution in [-0.2, 0) is 14.3 Å². The SMILES string of the molecule is C#C[C@]1(OC(=O)COc2ccccc2OC)CCC2C3CCC4=CC(=O)CCC4C3CC[C@@]21CC. The van der Waals surface area contributed by atoms with E-state index in [0.29, 0.717) is 53.8 Å². The van der Waals surface area contributed by atoms with Gasteiger partial charge in [-0.2, -0.15) is 0 Å². The molecule has 4 aliphatic rings. The molecule has 3 fully saturated rings. The van der Waals surface area contributed by atoms with Gasteiger partial charge in [0.2, 0.25) is 0 Å². The Morgan fingerprint density at radius 2 is 1.89 bits per heavy atom. The Morgan fingerprint density at radius 1 is 1.09 bits per heavy atom. The van der Waals surface area contributed by atoms with Crippen LogP contribution in [0.25, 0.3) is 0 Å². The van der Waals surface area contributed by atoms with E-state index in [-0.39, 0.29) is 12.0 Å². The third-order valence-electron chi connectivity index (χ3n) is 9.69. The lowest BCUT2D eigenvalue weighted by Gasteiger charge is -2.56. The van der Waals surface area contributed by atoms with Crippen molar-refractivity contribution in [1.82, 2.24) is 0 Å². The maximum atomic E-state index is 13.0. The minimum Gasteiger partial charge on any atom is -0.493 e. The van der Waals surface area contributed by atoms with Crippen molar-refractivity contribution in [2.24, 2.45) is 29.1 Å². The predicted octanol–water partition coefficient (Wildman–Crippen LogP) is 5.52. The second-order valence-corrected chi connectivity index (χ2v) is 10.8. The molecule has 35 heavy (non-hydrogen) atoms. The molecule has 4 aliphatic carbocycles. The van der Waals surface area contributed by atoms with Crippen molar-refractivity contribution in [1.29, 1.82) is 0 Å². The van der Waals surface area contributed by atoms with Gasteiger partial charge in [-0.15, -0.1) is 6.42 Å². The van der Waals surface area contributed by atoms with Crippen LogP contribution in [0.1, 0.15) is 64.7 Å². The lowest BCUT2D eigenvalue weighted by molar-refractivity contribution is -0.175. The van der Waals surface area contributed by atoms with Crippen molar-refractivity contribution in [2.45, 2.75) is 70.3 Å². The summed E-state index contributed by atoms with van der Waals surface area (Å²) >= 11 is 0. The molecule has 0 N–H and O–H groups in total. The molecule has 6 atom stereocenters. The Hall–Kier alpha value is -2.74. The van der Waals surface area contributed by atoms with Crippen molar-refractivity contribution in [3.05, 3.63) is 35.9 Å². The topological polar surface area (TPSA) is 61.8 Å². The van der Waals surface area contributed by atoms with Crippen LogP contribution < -0.4 is 9.47 Å². The van der Waals surface area contributed by atoms with E-state index >= 15 is 0 Å². The summed E-state index contributed by atoms with van der Waals surface area (Å²) in [6.07, 6.45) is 16.6. The Balaban J connectivity index is 1.34. The largest absolute Gasteiger partial charge is 0.493 e. The van der Waals surface area contributed by atoms with Crippen molar-refractivity contribution in [3.63, 3.8) is 0 Å². The van der Waals surface area contributed by atoms with Crippen LogP contribution in [0, 0.1) is 41.4 Å². The maximum Gasteiger partial charge on any atom is 0.345 e. The molecular formula is C30H36O5. The third kappa shape index (κ3) is 3.86. The zero-order valence-corrected chi connectivity index (χ0v) is 20.9. The molecule has 1 aromatic rings. The van der Waals surface area contributed by atoms with Gasteiger partial charge in [-0.25, -0.2) is 4.79 Å². The third-order valence-corrected chi connectivity index (χ3v) is 9.69. The molecule has 0 aromatic heterocycles. The summed E-state index contributed by atoms with van der Waals surface area (Å²) in [4.78, 5) is 25.0. The van der Waals surface area contributed by atoms with Crippen LogP contribution in [0.3, 0.4) is 0 Å². The minimum atomic E-state index is -0.892. The maximum absolute atomic E-state index is 13.0. The van der Waals surface area contributed by atoms with Crippen molar-refractivity contribution in [2.75, 3.05) is 13.7 Å². The molecule has 0 bridgehead atoms. The van der Waals surface area contributed by atoms with Crippen molar-refractivity contribution < 1.29 is 23.8 Å². The summed E-state index contributed by atoms with van der Waals surface area (Å²) in [5.74, 6) is 6.14. The highest BCUT2D eigenvalue weighted by atomic mass is 16.6. The summed E-state index contributed by atoms with van der Waals surface area (Å²) in [6, 6.07) is 7.26. The summed E-state index contributed by atoms with van der Waals surface area (Å²) in [7, 11) is 1.57. The molecule has 4 unspecified atom stereocenters. The minimum absolute atomic E-state index is 0.200. The molecule has 0 heterocycles. The lowest BCUT2D eigenvalue weighted by atomic mass is 9.49. The first-order valence-corrected chi connectivity index (χ1v) is 13.2. The molecule has 0 spiro atoms. The van der Waals surface area contributed by atoms with Crippen molar-refractivity contribution >= 4 is 11.8 Å². The fourth-order valence-electron chi connectivity index (χ4n) is 8.22. The normalized spacial score (nSPS) is 35.6. The number of benzene rings is 1. The predicted molar refractivity (Wildman–Crippen MR) is 133 cm³/mol. The fraction of sp³-hybridized carbons (Fsp3) is 0.600. The standard InChI is InChI=1S/C30H36O5/c1-4-29-16-14-23-22-13-11-21(31)18-20(22)10-12-24(23)25(29)15-17-30(29,5-2)35-28(32)19-34-27-9-7-6-8-26(27)33-3/h2,6-9,18,22-25H,4,10-17,19H2,1,3H3/t22?,23?,24?,25?,29-,30-/m0/s1. The molecule has 1 aromatic carbocycles. The zero-order chi connectivity index (χ0) is 24.6. The van der Waals surface area contributed by atoms with Gasteiger partial charge < -0.3 is 14.2 Å². The molecule has 186 valence electrons. The Morgan fingerprint density at radius 3 is 2.63 bits per heavy atom. The Labute approximate surface area is 208 Å². The van der Waals surface area contributed by atoms with Crippen LogP contribution in [0.5, 0.6) is 11.5 Å². The Kier molecular flexibility index (Phi) is 6.42. The number of para-hydroxylation sites is 2. The van der Waals surface area contributed by atoms with E-state index < -0.39 is 11.6 Å². The number of methoxy groups -OCH3 is 1. The average molecular weight is 477 g/mol. The molecule has 5 nitrogen and oxygen atoms in total. The Bertz CT molecular complexity index is 1070. The first-order chi connectivity index (χ1) is 17.0. The molecule has 0 amide bonds. The van der Waals surface area contributed by atoms with Crippen LogP contribution in [0.4, 0.5) is 0 Å². The summed E-state index contributed by atoms with van der Waals surface area (Å²) in [5.41, 5.74) is 0.291. The highest BCUT2D eigenvalue weighted by Gasteiger charge is 2.65. The van der Waals surface area contributed by atoms with Gasteiger partial charge in [0, 0.05) is 11.8 Å². The van der Waals surface area contributed by atoms with Gasteiger partial charge >= 0.3 is 5.97 Å². The quantitative estimate of drug-likeness (QED) is 0.400. The van der Waals surface area contributed by atoms with Crippen molar-refractivity contribution in [3.8, 4) is 23.8 Å². The molecule has 0 aliphatic heterocycles. The van der Waals surface area contributed by atoms with E-state index in [9.17, 15) is 9.59 Å². The van der Waals surface area contributed by atoms with Gasteiger partial charge in [0.15, 0.2) is 29.5 Å². The number of hydrogen-bond acceptors (Lipinski definition) is 5. The first-order valence-electron chi connectivity index (χ1n) is 13.2. The summed E-state index contributed by atoms with van der Waals surface area (Å²) < 4.78 is 17.3. The smallest absolute Gasteiger partial charge is 0.345 e. The van der Waals surface area contributed by atoms with Gasteiger partial charge in [0.05, 0.1) is 7.11 Å². The van der Waals surface area contributed by atoms with Gasteiger partial charge in [0.1, 0.15) is 0 Å². The highest BCUT2D eigenvalue weighted by molar-refractivity contribution is 5.91. The van der Waals surface area contributed by atoms with Crippen LogP contribution in [-0.4, -0.2) is 31.1 Å². The molecule has 0 saturated heterocycles. The van der Waals surface area contributed by atoms with Gasteiger partial charge in [-0.1, -0.05) is 30.6 Å². The zero-order valence-electron chi connectivity index (χ0n) is 20.9. The van der Waals surface area contributed by atoms with E-state index in [0.717, 1.165) is 44.9 Å². The van der Waals surface area contributed by atoms with E-state index in [1.807, 2.05) is 18.2 Å². The van der Waals surface area contributed by atoms with Crippen LogP contribution in [0.2, 0.25) is 0 Å². The number of esters is 1.